The molecule has 0 aliphatic heterocycles. The number of amides is 1. The van der Waals surface area contributed by atoms with Gasteiger partial charge in [-0.3, -0.25) is 4.79 Å². The highest BCUT2D eigenvalue weighted by Crippen LogP contribution is 2.38. The number of nitrogen functional groups attached to an aromatic ring is 1. The monoisotopic (exact) mass is 551 g/mol. The fraction of sp³-hybridized carbons (Fsp3) is 0.300. The lowest BCUT2D eigenvalue weighted by atomic mass is 9.97. The maximum atomic E-state index is 13.8. The van der Waals surface area contributed by atoms with Crippen molar-refractivity contribution < 1.29 is 22.7 Å². The predicted molar refractivity (Wildman–Crippen MR) is 151 cm³/mol. The van der Waals surface area contributed by atoms with Crippen LogP contribution in [-0.2, 0) is 6.18 Å². The van der Waals surface area contributed by atoms with Gasteiger partial charge in [-0.15, -0.1) is 0 Å². The van der Waals surface area contributed by atoms with Crippen LogP contribution in [0.1, 0.15) is 41.8 Å². The molecule has 0 unspecified atom stereocenters. The lowest BCUT2D eigenvalue weighted by Crippen LogP contribution is -2.25. The summed E-state index contributed by atoms with van der Waals surface area (Å²) in [6, 6.07) is 14.3. The highest BCUT2D eigenvalue weighted by molar-refractivity contribution is 6.05. The van der Waals surface area contributed by atoms with Crippen molar-refractivity contribution >= 4 is 28.4 Å². The van der Waals surface area contributed by atoms with Crippen LogP contribution < -0.4 is 15.8 Å². The Morgan fingerprint density at radius 2 is 1.82 bits per heavy atom. The van der Waals surface area contributed by atoms with Gasteiger partial charge in [0.05, 0.1) is 17.7 Å². The van der Waals surface area contributed by atoms with Crippen molar-refractivity contribution in [1.82, 2.24) is 14.9 Å². The molecule has 0 fully saturated rings. The van der Waals surface area contributed by atoms with Gasteiger partial charge in [0, 0.05) is 29.4 Å². The SMILES string of the molecule is CCN(CC)CCCOc1ccc(NC(=O)c2ccc(C)c(-c3ccc4nc(N)ncc4c3)c2)cc1C(F)(F)F. The second-order valence-electron chi connectivity index (χ2n) is 9.42. The van der Waals surface area contributed by atoms with Crippen molar-refractivity contribution in [2.75, 3.05) is 37.3 Å². The number of nitrogens with one attached hydrogen (secondary N) is 1. The first-order valence-corrected chi connectivity index (χ1v) is 13.1. The Morgan fingerprint density at radius 3 is 2.55 bits per heavy atom. The van der Waals surface area contributed by atoms with Gasteiger partial charge in [-0.1, -0.05) is 26.0 Å². The Morgan fingerprint density at radius 1 is 1.05 bits per heavy atom. The molecule has 0 bridgehead atoms. The first kappa shape index (κ1) is 28.8. The number of rotatable bonds is 10. The van der Waals surface area contributed by atoms with Gasteiger partial charge in [0.25, 0.3) is 5.91 Å². The largest absolute Gasteiger partial charge is 0.493 e. The zero-order chi connectivity index (χ0) is 28.9. The third-order valence-corrected chi connectivity index (χ3v) is 6.72. The number of halogens is 3. The van der Waals surface area contributed by atoms with E-state index in [0.717, 1.165) is 47.8 Å². The number of nitrogens with zero attached hydrogens (tertiary/aromatic N) is 3. The number of nitrogens with two attached hydrogens (primary N) is 1. The standard InChI is InChI=1S/C30H32F3N5O2/c1-4-38(5-2)13-6-14-40-27-12-10-23(17-25(27)30(31,32)33)36-28(39)21-8-7-19(3)24(16-21)20-9-11-26-22(15-20)18-35-29(34)37-26/h7-12,15-18H,4-6,13-14H2,1-3H3,(H,36,39)(H2,34,35,37). The van der Waals surface area contributed by atoms with Crippen molar-refractivity contribution in [2.45, 2.75) is 33.4 Å². The average molecular weight is 552 g/mol. The molecule has 210 valence electrons. The van der Waals surface area contributed by atoms with E-state index in [0.29, 0.717) is 17.5 Å². The number of anilines is 2. The quantitative estimate of drug-likeness (QED) is 0.217. The van der Waals surface area contributed by atoms with Gasteiger partial charge in [-0.2, -0.15) is 13.2 Å². The Labute approximate surface area is 231 Å². The number of hydrogen-bond donors (Lipinski definition) is 2. The third kappa shape index (κ3) is 6.87. The van der Waals surface area contributed by atoms with E-state index in [4.69, 9.17) is 10.5 Å². The number of carbonyl (C=O) groups is 1. The van der Waals surface area contributed by atoms with Crippen LogP contribution in [0.15, 0.2) is 60.8 Å². The van der Waals surface area contributed by atoms with Crippen molar-refractivity contribution in [3.05, 3.63) is 77.5 Å². The lowest BCUT2D eigenvalue weighted by Gasteiger charge is -2.19. The summed E-state index contributed by atoms with van der Waals surface area (Å²) < 4.78 is 47.0. The van der Waals surface area contributed by atoms with Crippen LogP contribution >= 0.6 is 0 Å². The Kier molecular flexibility index (Phi) is 8.89. The van der Waals surface area contributed by atoms with Gasteiger partial charge in [-0.05, 0) is 85.6 Å². The van der Waals surface area contributed by atoms with Gasteiger partial charge in [-0.25, -0.2) is 9.97 Å². The molecule has 10 heteroatoms. The maximum absolute atomic E-state index is 13.8. The average Bonchev–Trinajstić information content (AvgIpc) is 2.93. The summed E-state index contributed by atoms with van der Waals surface area (Å²) in [7, 11) is 0. The molecule has 1 amide bonds. The van der Waals surface area contributed by atoms with Gasteiger partial charge in [0.1, 0.15) is 5.75 Å². The molecule has 7 nitrogen and oxygen atoms in total. The van der Waals surface area contributed by atoms with E-state index < -0.39 is 17.6 Å². The van der Waals surface area contributed by atoms with Crippen LogP contribution in [-0.4, -0.2) is 47.0 Å². The number of aryl methyl sites for hydroxylation is 1. The van der Waals surface area contributed by atoms with Gasteiger partial charge < -0.3 is 20.7 Å². The molecular weight excluding hydrogens is 519 g/mol. The summed E-state index contributed by atoms with van der Waals surface area (Å²) >= 11 is 0. The van der Waals surface area contributed by atoms with E-state index in [1.165, 1.54) is 12.1 Å². The highest BCUT2D eigenvalue weighted by atomic mass is 19.4. The van der Waals surface area contributed by atoms with E-state index in [1.807, 2.05) is 39.0 Å². The van der Waals surface area contributed by atoms with Crippen LogP contribution in [0.4, 0.5) is 24.8 Å². The van der Waals surface area contributed by atoms with Gasteiger partial charge in [0.15, 0.2) is 0 Å². The fourth-order valence-electron chi connectivity index (χ4n) is 4.46. The number of alkyl halides is 3. The number of benzene rings is 3. The molecule has 1 heterocycles. The summed E-state index contributed by atoms with van der Waals surface area (Å²) in [6.45, 7) is 8.62. The number of fused-ring (bicyclic) bond motifs is 1. The highest BCUT2D eigenvalue weighted by Gasteiger charge is 2.35. The second kappa shape index (κ2) is 12.3. The molecule has 0 saturated carbocycles. The molecule has 0 aliphatic rings. The Balaban J connectivity index is 1.52. The predicted octanol–water partition coefficient (Wildman–Crippen LogP) is 6.57. The summed E-state index contributed by atoms with van der Waals surface area (Å²) in [5.41, 5.74) is 8.32. The van der Waals surface area contributed by atoms with E-state index >= 15 is 0 Å². The van der Waals surface area contributed by atoms with Crippen LogP contribution in [0.5, 0.6) is 5.75 Å². The molecule has 0 spiro atoms. The molecule has 4 rings (SSSR count). The topological polar surface area (TPSA) is 93.4 Å². The summed E-state index contributed by atoms with van der Waals surface area (Å²) in [5, 5.41) is 3.38. The molecule has 0 saturated heterocycles. The minimum absolute atomic E-state index is 0.0235. The molecule has 40 heavy (non-hydrogen) atoms. The first-order valence-electron chi connectivity index (χ1n) is 13.1. The normalized spacial score (nSPS) is 11.7. The van der Waals surface area contributed by atoms with Crippen LogP contribution in [0.3, 0.4) is 0 Å². The number of ether oxygens (including phenoxy) is 1. The van der Waals surface area contributed by atoms with Gasteiger partial charge >= 0.3 is 6.18 Å². The number of hydrogen-bond acceptors (Lipinski definition) is 6. The first-order chi connectivity index (χ1) is 19.1. The van der Waals surface area contributed by atoms with E-state index in [9.17, 15) is 18.0 Å². The molecule has 0 aliphatic carbocycles. The van der Waals surface area contributed by atoms with Crippen molar-refractivity contribution in [1.29, 1.82) is 0 Å². The Hall–Kier alpha value is -4.18. The van der Waals surface area contributed by atoms with E-state index in [-0.39, 0.29) is 24.0 Å². The molecule has 3 N–H and O–H groups in total. The molecule has 0 radical (unpaired) electrons. The minimum Gasteiger partial charge on any atom is -0.493 e. The van der Waals surface area contributed by atoms with Crippen molar-refractivity contribution in [3.8, 4) is 16.9 Å². The van der Waals surface area contributed by atoms with Crippen LogP contribution in [0, 0.1) is 6.92 Å². The second-order valence-corrected chi connectivity index (χ2v) is 9.42. The summed E-state index contributed by atoms with van der Waals surface area (Å²) in [4.78, 5) is 23.5. The molecule has 1 aromatic heterocycles. The number of aromatic nitrogens is 2. The van der Waals surface area contributed by atoms with Crippen molar-refractivity contribution in [2.24, 2.45) is 0 Å². The third-order valence-electron chi connectivity index (χ3n) is 6.72. The molecule has 4 aromatic rings. The molecule has 0 atom stereocenters. The van der Waals surface area contributed by atoms with Crippen molar-refractivity contribution in [3.63, 3.8) is 0 Å². The van der Waals surface area contributed by atoms with Gasteiger partial charge in [0.2, 0.25) is 5.95 Å². The minimum atomic E-state index is -4.64. The van der Waals surface area contributed by atoms with Crippen LogP contribution in [0.2, 0.25) is 0 Å². The molecule has 3 aromatic carbocycles. The summed E-state index contributed by atoms with van der Waals surface area (Å²) in [5.74, 6) is -0.609. The van der Waals surface area contributed by atoms with Crippen LogP contribution in [0.25, 0.3) is 22.0 Å². The maximum Gasteiger partial charge on any atom is 0.420 e. The Bertz CT molecular complexity index is 1500. The zero-order valence-corrected chi connectivity index (χ0v) is 22.7. The van der Waals surface area contributed by atoms with E-state index in [1.54, 1.807) is 24.4 Å². The lowest BCUT2D eigenvalue weighted by molar-refractivity contribution is -0.138. The van der Waals surface area contributed by atoms with E-state index in [2.05, 4.69) is 20.2 Å². The fourth-order valence-corrected chi connectivity index (χ4v) is 4.46. The smallest absolute Gasteiger partial charge is 0.420 e. The number of carbonyl (C=O) groups excluding carboxylic acids is 1. The summed E-state index contributed by atoms with van der Waals surface area (Å²) in [6.07, 6.45) is -2.41. The molecular formula is C30H32F3N5O2. The zero-order valence-electron chi connectivity index (χ0n) is 22.7.